The molecule has 2 N–H and O–H groups in total. The summed E-state index contributed by atoms with van der Waals surface area (Å²) in [5.74, 6) is -0.618. The molecule has 94 valence electrons. The van der Waals surface area contributed by atoms with Crippen LogP contribution in [-0.4, -0.2) is 12.1 Å². The molecule has 2 unspecified atom stereocenters. The van der Waals surface area contributed by atoms with Crippen molar-refractivity contribution in [3.63, 3.8) is 0 Å². The van der Waals surface area contributed by atoms with Crippen LogP contribution in [0.1, 0.15) is 19.3 Å². The first-order chi connectivity index (χ1) is 8.70. The van der Waals surface area contributed by atoms with Crippen LogP contribution in [0.4, 0.5) is 14.9 Å². The zero-order valence-electron chi connectivity index (χ0n) is 9.82. The van der Waals surface area contributed by atoms with E-state index in [0.717, 1.165) is 19.3 Å². The summed E-state index contributed by atoms with van der Waals surface area (Å²) in [6, 6.07) is 7.55. The lowest BCUT2D eigenvalue weighted by molar-refractivity contribution is 0.247. The summed E-state index contributed by atoms with van der Waals surface area (Å²) in [6.45, 7) is 0. The van der Waals surface area contributed by atoms with E-state index in [1.807, 2.05) is 0 Å². The summed E-state index contributed by atoms with van der Waals surface area (Å²) < 4.78 is 13.3. The lowest BCUT2D eigenvalue weighted by atomic mass is 10.1. The quantitative estimate of drug-likeness (QED) is 0.843. The number of rotatable bonds is 2. The first-order valence-corrected chi connectivity index (χ1v) is 5.92. The van der Waals surface area contributed by atoms with Gasteiger partial charge in [0.25, 0.3) is 0 Å². The van der Waals surface area contributed by atoms with E-state index in [0.29, 0.717) is 0 Å². The van der Waals surface area contributed by atoms with Crippen LogP contribution < -0.4 is 10.6 Å². The number of hydrogen-bond acceptors (Lipinski definition) is 2. The highest BCUT2D eigenvalue weighted by atomic mass is 19.1. The second-order valence-corrected chi connectivity index (χ2v) is 4.35. The van der Waals surface area contributed by atoms with Crippen LogP contribution in [0.2, 0.25) is 0 Å². The molecule has 2 rings (SSSR count). The minimum atomic E-state index is -0.476. The number of nitrogens with zero attached hydrogens (tertiary/aromatic N) is 1. The van der Waals surface area contributed by atoms with Crippen LogP contribution in [-0.2, 0) is 0 Å². The van der Waals surface area contributed by atoms with Crippen molar-refractivity contribution in [3.05, 3.63) is 30.1 Å². The smallest absolute Gasteiger partial charge is 0.319 e. The van der Waals surface area contributed by atoms with Crippen molar-refractivity contribution < 1.29 is 9.18 Å². The van der Waals surface area contributed by atoms with Crippen LogP contribution >= 0.6 is 0 Å². The van der Waals surface area contributed by atoms with E-state index in [2.05, 4.69) is 16.7 Å². The Kier molecular flexibility index (Phi) is 3.78. The third-order valence-electron chi connectivity index (χ3n) is 3.12. The first kappa shape index (κ1) is 12.4. The van der Waals surface area contributed by atoms with E-state index in [1.165, 1.54) is 12.1 Å². The van der Waals surface area contributed by atoms with E-state index in [9.17, 15) is 9.18 Å². The van der Waals surface area contributed by atoms with E-state index < -0.39 is 11.8 Å². The second kappa shape index (κ2) is 5.50. The molecular formula is C13H14FN3O. The molecule has 4 nitrogen and oxygen atoms in total. The number of amides is 2. The molecule has 1 saturated carbocycles. The summed E-state index contributed by atoms with van der Waals surface area (Å²) in [5.41, 5.74) is 0.140. The highest BCUT2D eigenvalue weighted by Crippen LogP contribution is 2.24. The van der Waals surface area contributed by atoms with Crippen molar-refractivity contribution in [1.82, 2.24) is 5.32 Å². The summed E-state index contributed by atoms with van der Waals surface area (Å²) >= 11 is 0. The van der Waals surface area contributed by atoms with Gasteiger partial charge in [0.1, 0.15) is 5.82 Å². The number of carbonyl (C=O) groups excluding carboxylic acids is 1. The van der Waals surface area contributed by atoms with Gasteiger partial charge in [-0.05, 0) is 31.4 Å². The zero-order valence-corrected chi connectivity index (χ0v) is 9.82. The molecule has 0 spiro atoms. The number of hydrogen-bond donors (Lipinski definition) is 2. The summed E-state index contributed by atoms with van der Waals surface area (Å²) in [4.78, 5) is 11.7. The SMILES string of the molecule is N#CC1CCCC1NC(=O)Nc1ccccc1F. The predicted octanol–water partition coefficient (Wildman–Crippen LogP) is 2.64. The van der Waals surface area contributed by atoms with Crippen LogP contribution in [0.25, 0.3) is 0 Å². The topological polar surface area (TPSA) is 64.9 Å². The molecule has 0 heterocycles. The Balaban J connectivity index is 1.94. The monoisotopic (exact) mass is 247 g/mol. The minimum Gasteiger partial charge on any atom is -0.334 e. The third-order valence-corrected chi connectivity index (χ3v) is 3.12. The molecule has 0 aliphatic heterocycles. The van der Waals surface area contributed by atoms with E-state index in [1.54, 1.807) is 12.1 Å². The Morgan fingerprint density at radius 1 is 1.39 bits per heavy atom. The maximum Gasteiger partial charge on any atom is 0.319 e. The van der Waals surface area contributed by atoms with Gasteiger partial charge in [-0.3, -0.25) is 0 Å². The van der Waals surface area contributed by atoms with Gasteiger partial charge in [0.2, 0.25) is 0 Å². The van der Waals surface area contributed by atoms with Gasteiger partial charge in [0.15, 0.2) is 0 Å². The number of halogens is 1. The maximum atomic E-state index is 13.3. The van der Waals surface area contributed by atoms with Gasteiger partial charge >= 0.3 is 6.03 Å². The Bertz CT molecular complexity index is 483. The van der Waals surface area contributed by atoms with Crippen molar-refractivity contribution in [2.45, 2.75) is 25.3 Å². The Hall–Kier alpha value is -2.09. The summed E-state index contributed by atoms with van der Waals surface area (Å²) in [5, 5.41) is 14.1. The van der Waals surface area contributed by atoms with Crippen LogP contribution in [0.5, 0.6) is 0 Å². The van der Waals surface area contributed by atoms with Gasteiger partial charge in [-0.15, -0.1) is 0 Å². The molecule has 1 aliphatic carbocycles. The first-order valence-electron chi connectivity index (χ1n) is 5.92. The molecule has 1 aliphatic rings. The lowest BCUT2D eigenvalue weighted by Crippen LogP contribution is -2.39. The van der Waals surface area contributed by atoms with Crippen molar-refractivity contribution in [2.75, 3.05) is 5.32 Å². The molecule has 5 heteroatoms. The number of urea groups is 1. The number of para-hydroxylation sites is 1. The molecule has 1 aromatic carbocycles. The fraction of sp³-hybridized carbons (Fsp3) is 0.385. The summed E-state index contributed by atoms with van der Waals surface area (Å²) in [6.07, 6.45) is 2.53. The highest BCUT2D eigenvalue weighted by molar-refractivity contribution is 5.89. The van der Waals surface area contributed by atoms with Gasteiger partial charge in [-0.1, -0.05) is 12.1 Å². The van der Waals surface area contributed by atoms with Gasteiger partial charge < -0.3 is 10.6 Å². The zero-order chi connectivity index (χ0) is 13.0. The fourth-order valence-electron chi connectivity index (χ4n) is 2.18. The molecular weight excluding hydrogens is 233 g/mol. The average Bonchev–Trinajstić information content (AvgIpc) is 2.79. The van der Waals surface area contributed by atoms with Crippen molar-refractivity contribution >= 4 is 11.7 Å². The Morgan fingerprint density at radius 3 is 2.89 bits per heavy atom. The molecule has 0 bridgehead atoms. The van der Waals surface area contributed by atoms with Crippen molar-refractivity contribution in [3.8, 4) is 6.07 Å². The second-order valence-electron chi connectivity index (χ2n) is 4.35. The van der Waals surface area contributed by atoms with Crippen LogP contribution in [0, 0.1) is 23.1 Å². The lowest BCUT2D eigenvalue weighted by Gasteiger charge is -2.16. The molecule has 2 atom stereocenters. The minimum absolute atomic E-state index is 0.137. The van der Waals surface area contributed by atoms with Crippen LogP contribution in [0.3, 0.4) is 0 Å². The van der Waals surface area contributed by atoms with Crippen molar-refractivity contribution in [1.29, 1.82) is 5.26 Å². The number of nitrogens with one attached hydrogen (secondary N) is 2. The molecule has 2 amide bonds. The van der Waals surface area contributed by atoms with Crippen molar-refractivity contribution in [2.24, 2.45) is 5.92 Å². The summed E-state index contributed by atoms with van der Waals surface area (Å²) in [7, 11) is 0. The number of anilines is 1. The molecule has 18 heavy (non-hydrogen) atoms. The molecule has 1 aromatic rings. The Morgan fingerprint density at radius 2 is 2.17 bits per heavy atom. The fourth-order valence-corrected chi connectivity index (χ4v) is 2.18. The normalized spacial score (nSPS) is 22.2. The van der Waals surface area contributed by atoms with Crippen LogP contribution in [0.15, 0.2) is 24.3 Å². The van der Waals surface area contributed by atoms with E-state index in [-0.39, 0.29) is 17.6 Å². The molecule has 0 aromatic heterocycles. The average molecular weight is 247 g/mol. The molecule has 1 fully saturated rings. The van der Waals surface area contributed by atoms with Gasteiger partial charge in [-0.2, -0.15) is 5.26 Å². The van der Waals surface area contributed by atoms with Gasteiger partial charge in [0.05, 0.1) is 17.7 Å². The predicted molar refractivity (Wildman–Crippen MR) is 65.3 cm³/mol. The molecule has 0 saturated heterocycles. The highest BCUT2D eigenvalue weighted by Gasteiger charge is 2.28. The maximum absolute atomic E-state index is 13.3. The molecule has 0 radical (unpaired) electrons. The third kappa shape index (κ3) is 2.77. The number of carbonyl (C=O) groups is 1. The number of benzene rings is 1. The van der Waals surface area contributed by atoms with E-state index in [4.69, 9.17) is 5.26 Å². The Labute approximate surface area is 105 Å². The standard InChI is InChI=1S/C13H14FN3O/c14-10-5-1-2-6-12(10)17-13(18)16-11-7-3-4-9(11)8-15/h1-2,5-6,9,11H,3-4,7H2,(H2,16,17,18). The number of nitriles is 1. The van der Waals surface area contributed by atoms with Gasteiger partial charge in [-0.25, -0.2) is 9.18 Å². The van der Waals surface area contributed by atoms with Gasteiger partial charge in [0, 0.05) is 6.04 Å². The largest absolute Gasteiger partial charge is 0.334 e. The van der Waals surface area contributed by atoms with E-state index >= 15 is 0 Å².